The Morgan fingerprint density at radius 2 is 0.450 bits per heavy atom. The van der Waals surface area contributed by atoms with Crippen LogP contribution in [0.5, 0.6) is 0 Å². The van der Waals surface area contributed by atoms with Crippen molar-refractivity contribution in [2.75, 3.05) is 225 Å². The van der Waals surface area contributed by atoms with Crippen molar-refractivity contribution in [2.24, 2.45) is 0 Å². The van der Waals surface area contributed by atoms with Gasteiger partial charge in [0.15, 0.2) is 37.7 Å². The van der Waals surface area contributed by atoms with Gasteiger partial charge in [0.1, 0.15) is 210 Å². The van der Waals surface area contributed by atoms with E-state index in [1.54, 1.807) is 0 Å². The van der Waals surface area contributed by atoms with Crippen molar-refractivity contribution in [1.29, 1.82) is 0 Å². The second kappa shape index (κ2) is 42.2. The van der Waals surface area contributed by atoms with Crippen LogP contribution in [-0.4, -0.2) is 554 Å². The van der Waals surface area contributed by atoms with Crippen LogP contribution in [0.2, 0.25) is 0 Å². The number of aliphatic hydroxyl groups excluding tert-OH is 18. The summed E-state index contributed by atoms with van der Waals surface area (Å²) in [4.78, 5) is 0. The van der Waals surface area contributed by atoms with E-state index in [2.05, 4.69) is 0 Å². The maximum Gasteiger partial charge on any atom is 0.187 e. The van der Waals surface area contributed by atoms with Gasteiger partial charge < -0.3 is 200 Å². The molecule has 6 aliphatic heterocycles. The van der Waals surface area contributed by atoms with Crippen LogP contribution in [0.4, 0.5) is 0 Å². The van der Waals surface area contributed by atoms with E-state index >= 15 is 0 Å². The Balaban J connectivity index is 1.32. The molecule has 0 aliphatic carbocycles. The highest BCUT2D eigenvalue weighted by molar-refractivity contribution is 5.00. The van der Waals surface area contributed by atoms with Gasteiger partial charge in [0.05, 0.1) is 178 Å². The Morgan fingerprint density at radius 1 is 0.239 bits per heavy atom. The standard InChI is InChI=1S/C68H136N5O36/c1-69(2,3)18-34(74)23-94-28-39-45(79)46(80)52(86)64(100-39)99-33-44-62(51(85)57(91)68(105-44)106-59-41(101-63(93-17)53(87)48(59)82)30-96-25-36(76)20-71(7,8)9)109-67-56(90)50(84)61(43(104-67)32-98-27-38(78)22-73(13,14)15)108-66-55(89)49(83)60(42(103-66)31-97-26-37(77)21-72(10,11)12)107-65-54(88)47(81)58(92-16)40(102-65)29-95-24-35(75)19-70(4,5)6/h34-68,74-91H,18-33H2,1-17H3/q+5/t34?,35?,36?,37?,38?,39-,40?,41?,42-,43?,44-,45-,46?,47+,48-,49?,50+,51?,52?,53?,54?,55?,56?,57?,58+,59+,60+,61+,62+,63+,64-,65-,66+,67-,68+/m0/s1. The molecule has 0 amide bonds. The molecule has 0 aromatic heterocycles. The van der Waals surface area contributed by atoms with E-state index in [4.69, 9.17) is 85.3 Å². The molecule has 0 saturated carbocycles. The first-order valence-corrected chi connectivity index (χ1v) is 36.9. The fraction of sp³-hybridized carbons (Fsp3) is 1.00. The number of rotatable bonds is 43. The van der Waals surface area contributed by atoms with Gasteiger partial charge in [-0.05, 0) is 0 Å². The van der Waals surface area contributed by atoms with E-state index in [0.29, 0.717) is 24.5 Å². The lowest BCUT2D eigenvalue weighted by atomic mass is 9.95. The molecule has 41 heteroatoms. The van der Waals surface area contributed by atoms with Crippen LogP contribution in [-0.2, 0) is 85.3 Å². The van der Waals surface area contributed by atoms with Crippen LogP contribution in [0.1, 0.15) is 0 Å². The second-order valence-electron chi connectivity index (χ2n) is 34.6. The zero-order valence-corrected chi connectivity index (χ0v) is 66.2. The molecule has 6 rings (SSSR count). The molecule has 109 heavy (non-hydrogen) atoms. The van der Waals surface area contributed by atoms with Crippen LogP contribution in [0.15, 0.2) is 0 Å². The fourth-order valence-electron chi connectivity index (χ4n) is 13.8. The number of hydrogen-bond donors (Lipinski definition) is 18. The van der Waals surface area contributed by atoms with Crippen LogP contribution < -0.4 is 0 Å². The molecule has 644 valence electrons. The Hall–Kier alpha value is -1.64. The van der Waals surface area contributed by atoms with Crippen molar-refractivity contribution in [2.45, 2.75) is 215 Å². The van der Waals surface area contributed by atoms with E-state index in [1.807, 2.05) is 106 Å². The average Bonchev–Trinajstić information content (AvgIpc) is 0.771. The lowest BCUT2D eigenvalue weighted by Gasteiger charge is -2.50. The summed E-state index contributed by atoms with van der Waals surface area (Å²) in [6, 6.07) is 0. The molecule has 6 heterocycles. The van der Waals surface area contributed by atoms with Crippen molar-refractivity contribution in [1.82, 2.24) is 0 Å². The van der Waals surface area contributed by atoms with Gasteiger partial charge in [0.2, 0.25) is 0 Å². The van der Waals surface area contributed by atoms with E-state index in [0.717, 1.165) is 0 Å². The number of hydrogen-bond acceptors (Lipinski definition) is 36. The maximum atomic E-state index is 12.4. The minimum atomic E-state index is -2.29. The number of methoxy groups -OCH3 is 2. The van der Waals surface area contributed by atoms with Crippen molar-refractivity contribution in [3.05, 3.63) is 0 Å². The van der Waals surface area contributed by atoms with Crippen LogP contribution in [0.3, 0.4) is 0 Å². The van der Waals surface area contributed by atoms with Gasteiger partial charge in [0, 0.05) is 14.2 Å². The van der Waals surface area contributed by atoms with E-state index in [1.165, 1.54) is 14.2 Å². The van der Waals surface area contributed by atoms with Crippen LogP contribution in [0, 0.1) is 0 Å². The first-order valence-electron chi connectivity index (χ1n) is 36.9. The van der Waals surface area contributed by atoms with Crippen molar-refractivity contribution in [3.63, 3.8) is 0 Å². The van der Waals surface area contributed by atoms with Gasteiger partial charge in [-0.3, -0.25) is 0 Å². The Labute approximate surface area is 637 Å². The number of nitrogens with zero attached hydrogens (tertiary/aromatic N) is 5. The molecule has 0 aromatic rings. The predicted octanol–water partition coefficient (Wildman–Crippen LogP) is -12.3. The quantitative estimate of drug-likeness (QED) is 0.0252. The summed E-state index contributed by atoms with van der Waals surface area (Å²) >= 11 is 0. The maximum absolute atomic E-state index is 12.4. The first-order chi connectivity index (χ1) is 50.5. The van der Waals surface area contributed by atoms with E-state index < -0.39 is 248 Å². The lowest BCUT2D eigenvalue weighted by molar-refractivity contribution is -0.873. The SMILES string of the molecule is CO[C@@H]1OC(COCC(O)C[N+](C)(C)C)[C@@H](O[C@H]2O[C@@H](CO[C@H]3O[C@@H](COCC(O)C[N+](C)(C)C)[C@H](O)C(O)C3O)[C@@H](O[C@@H]3OC(COCC(O)C[N+](C)(C)C)[C@@H](O[C@H]4O[C@@H](COCC(O)C[N+](C)(C)C)[C@@H](O[C@@H]5OC(COCC(O)C[N+](C)(C)C)[C@@H](OC)[C@H](O)C5O)C(O)C4O)[C@H](O)C3O)C(O)C2O)[C@@H](O)C1O. The highest BCUT2D eigenvalue weighted by Crippen LogP contribution is 2.38. The summed E-state index contributed by atoms with van der Waals surface area (Å²) < 4.78 is 110. The lowest BCUT2D eigenvalue weighted by Crippen LogP contribution is -2.68. The van der Waals surface area contributed by atoms with Crippen molar-refractivity contribution in [3.8, 4) is 0 Å². The molecule has 0 bridgehead atoms. The van der Waals surface area contributed by atoms with Gasteiger partial charge >= 0.3 is 0 Å². The molecular formula is C68H136N5O36+5. The topological polar surface area (TPSA) is 530 Å². The average molecular weight is 1600 g/mol. The summed E-state index contributed by atoms with van der Waals surface area (Å²) in [6.45, 7) is -3.35. The second-order valence-corrected chi connectivity index (χ2v) is 34.6. The molecule has 6 saturated heterocycles. The molecule has 0 aromatic carbocycles. The van der Waals surface area contributed by atoms with Gasteiger partial charge in [0.25, 0.3) is 0 Å². The number of aliphatic hydroxyl groups is 18. The Bertz CT molecular complexity index is 2580. The third kappa shape index (κ3) is 29.4. The third-order valence-electron chi connectivity index (χ3n) is 18.7. The van der Waals surface area contributed by atoms with Gasteiger partial charge in [-0.25, -0.2) is 0 Å². The summed E-state index contributed by atoms with van der Waals surface area (Å²) in [5.74, 6) is 0. The molecule has 35 atom stereocenters. The molecule has 6 fully saturated rings. The summed E-state index contributed by atoms with van der Waals surface area (Å²) in [7, 11) is 30.1. The molecule has 41 nitrogen and oxygen atoms in total. The predicted molar refractivity (Wildman–Crippen MR) is 372 cm³/mol. The highest BCUT2D eigenvalue weighted by Gasteiger charge is 2.58. The Kier molecular flexibility index (Phi) is 37.2. The summed E-state index contributed by atoms with van der Waals surface area (Å²) in [6.07, 6.45) is -60.2. The summed E-state index contributed by atoms with van der Waals surface area (Å²) in [5, 5.41) is 207. The molecule has 17 unspecified atom stereocenters. The minimum absolute atomic E-state index is 0.156. The highest BCUT2D eigenvalue weighted by atomic mass is 16.8. The van der Waals surface area contributed by atoms with Crippen molar-refractivity contribution < 1.29 is 200 Å². The third-order valence-corrected chi connectivity index (χ3v) is 18.7. The monoisotopic (exact) mass is 1600 g/mol. The molecular weight excluding hydrogens is 1460 g/mol. The van der Waals surface area contributed by atoms with Gasteiger partial charge in [-0.1, -0.05) is 0 Å². The number of ether oxygens (including phenoxy) is 18. The van der Waals surface area contributed by atoms with Crippen LogP contribution in [0.25, 0.3) is 0 Å². The normalized spacial score (nSPS) is 39.8. The van der Waals surface area contributed by atoms with E-state index in [-0.39, 0.29) is 70.3 Å². The number of quaternary nitrogens is 5. The largest absolute Gasteiger partial charge is 0.387 e. The fourth-order valence-corrected chi connectivity index (χ4v) is 13.8. The van der Waals surface area contributed by atoms with Gasteiger partial charge in [-0.15, -0.1) is 0 Å². The van der Waals surface area contributed by atoms with Gasteiger partial charge in [-0.2, -0.15) is 0 Å². The molecule has 6 aliphatic rings. The van der Waals surface area contributed by atoms with Crippen molar-refractivity contribution >= 4 is 0 Å². The van der Waals surface area contributed by atoms with E-state index in [9.17, 15) is 91.9 Å². The number of likely N-dealkylation sites (N-methyl/N-ethyl adjacent to an activating group) is 5. The molecule has 18 N–H and O–H groups in total. The molecule has 0 spiro atoms. The summed E-state index contributed by atoms with van der Waals surface area (Å²) in [5.41, 5.74) is 0. The zero-order chi connectivity index (χ0) is 81.7. The van der Waals surface area contributed by atoms with Crippen LogP contribution >= 0.6 is 0 Å². The zero-order valence-electron chi connectivity index (χ0n) is 66.2. The molecule has 0 radical (unpaired) electrons. The minimum Gasteiger partial charge on any atom is -0.387 e. The smallest absolute Gasteiger partial charge is 0.187 e. The Morgan fingerprint density at radius 3 is 0.706 bits per heavy atom. The first kappa shape index (κ1) is 96.2.